The minimum atomic E-state index is -0.621. The molecule has 0 saturated carbocycles. The van der Waals surface area contributed by atoms with Gasteiger partial charge < -0.3 is 9.64 Å². The van der Waals surface area contributed by atoms with Crippen molar-refractivity contribution in [1.82, 2.24) is 4.90 Å². The summed E-state index contributed by atoms with van der Waals surface area (Å²) in [5.74, 6) is -0.0770. The molecule has 0 aliphatic heterocycles. The minimum Gasteiger partial charge on any atom is -0.486 e. The molecule has 100 valence electrons. The van der Waals surface area contributed by atoms with Crippen LogP contribution in [-0.2, 0) is 4.79 Å². The third kappa shape index (κ3) is 3.96. The Morgan fingerprint density at radius 1 is 1.53 bits per heavy atom. The van der Waals surface area contributed by atoms with Crippen molar-refractivity contribution < 1.29 is 14.5 Å². The van der Waals surface area contributed by atoms with E-state index in [1.807, 2.05) is 6.07 Å². The van der Waals surface area contributed by atoms with Gasteiger partial charge in [-0.3, -0.25) is 14.9 Å². The van der Waals surface area contributed by atoms with Crippen LogP contribution >= 0.6 is 0 Å². The van der Waals surface area contributed by atoms with Gasteiger partial charge >= 0.3 is 5.69 Å². The third-order valence-electron chi connectivity index (χ3n) is 2.36. The molecule has 0 fully saturated rings. The Hall–Kier alpha value is -2.62. The van der Waals surface area contributed by atoms with E-state index in [-0.39, 0.29) is 35.9 Å². The SMILES string of the molecule is CN(C)C(=O)CCOc1ccc(C#N)cc1[N+](=O)[O-]. The van der Waals surface area contributed by atoms with Gasteiger partial charge in [-0.2, -0.15) is 5.26 Å². The zero-order chi connectivity index (χ0) is 14.4. The predicted molar refractivity (Wildman–Crippen MR) is 66.6 cm³/mol. The second-order valence-corrected chi connectivity index (χ2v) is 3.94. The number of nitro benzene ring substituents is 1. The average molecular weight is 263 g/mol. The summed E-state index contributed by atoms with van der Waals surface area (Å²) in [6.45, 7) is 0.0454. The molecule has 0 unspecified atom stereocenters. The third-order valence-corrected chi connectivity index (χ3v) is 2.36. The van der Waals surface area contributed by atoms with Gasteiger partial charge in [0.1, 0.15) is 0 Å². The minimum absolute atomic E-state index is 0.0454. The van der Waals surface area contributed by atoms with E-state index in [1.165, 1.54) is 17.0 Å². The molecule has 0 aliphatic rings. The number of nitriles is 1. The molecule has 0 saturated heterocycles. The lowest BCUT2D eigenvalue weighted by molar-refractivity contribution is -0.385. The molecular weight excluding hydrogens is 250 g/mol. The van der Waals surface area contributed by atoms with Gasteiger partial charge in [-0.15, -0.1) is 0 Å². The van der Waals surface area contributed by atoms with Crippen LogP contribution in [-0.4, -0.2) is 36.4 Å². The van der Waals surface area contributed by atoms with Crippen molar-refractivity contribution >= 4 is 11.6 Å². The maximum atomic E-state index is 11.3. The van der Waals surface area contributed by atoms with E-state index >= 15 is 0 Å². The molecule has 0 aliphatic carbocycles. The Kier molecular flexibility index (Phi) is 4.83. The van der Waals surface area contributed by atoms with Gasteiger partial charge in [0.2, 0.25) is 5.91 Å². The van der Waals surface area contributed by atoms with E-state index in [9.17, 15) is 14.9 Å². The molecule has 0 atom stereocenters. The first-order chi connectivity index (χ1) is 8.95. The van der Waals surface area contributed by atoms with Gasteiger partial charge in [0.05, 0.1) is 29.6 Å². The van der Waals surface area contributed by atoms with E-state index in [4.69, 9.17) is 10.00 Å². The second-order valence-electron chi connectivity index (χ2n) is 3.94. The maximum Gasteiger partial charge on any atom is 0.312 e. The van der Waals surface area contributed by atoms with E-state index in [0.717, 1.165) is 6.07 Å². The fourth-order valence-corrected chi connectivity index (χ4v) is 1.32. The quantitative estimate of drug-likeness (QED) is 0.589. The van der Waals surface area contributed by atoms with Crippen LogP contribution in [0.4, 0.5) is 5.69 Å². The molecule has 7 nitrogen and oxygen atoms in total. The number of benzene rings is 1. The molecule has 1 aromatic carbocycles. The van der Waals surface area contributed by atoms with Crippen LogP contribution in [0, 0.1) is 21.4 Å². The van der Waals surface area contributed by atoms with Crippen molar-refractivity contribution in [3.8, 4) is 11.8 Å². The highest BCUT2D eigenvalue weighted by atomic mass is 16.6. The first kappa shape index (κ1) is 14.4. The fraction of sp³-hybridized carbons (Fsp3) is 0.333. The lowest BCUT2D eigenvalue weighted by Gasteiger charge is -2.11. The number of carbonyl (C=O) groups excluding carboxylic acids is 1. The molecule has 1 rings (SSSR count). The molecular formula is C12H13N3O4. The van der Waals surface area contributed by atoms with Crippen LogP contribution in [0.2, 0.25) is 0 Å². The van der Waals surface area contributed by atoms with Gasteiger partial charge in [-0.25, -0.2) is 0 Å². The number of rotatable bonds is 5. The van der Waals surface area contributed by atoms with Crippen LogP contribution in [0.1, 0.15) is 12.0 Å². The summed E-state index contributed by atoms with van der Waals surface area (Å²) >= 11 is 0. The van der Waals surface area contributed by atoms with Gasteiger partial charge in [-0.1, -0.05) is 0 Å². The molecule has 0 spiro atoms. The van der Waals surface area contributed by atoms with Crippen molar-refractivity contribution in [3.05, 3.63) is 33.9 Å². The van der Waals surface area contributed by atoms with Crippen molar-refractivity contribution in [2.75, 3.05) is 20.7 Å². The largest absolute Gasteiger partial charge is 0.486 e. The smallest absolute Gasteiger partial charge is 0.312 e. The lowest BCUT2D eigenvalue weighted by Crippen LogP contribution is -2.23. The Bertz CT molecular complexity index is 534. The number of hydrogen-bond acceptors (Lipinski definition) is 5. The van der Waals surface area contributed by atoms with E-state index in [0.29, 0.717) is 0 Å². The number of hydrogen-bond donors (Lipinski definition) is 0. The standard InChI is InChI=1S/C12H13N3O4/c1-14(2)12(16)5-6-19-11-4-3-9(8-13)7-10(11)15(17)18/h3-4,7H,5-6H2,1-2H3. The van der Waals surface area contributed by atoms with Crippen molar-refractivity contribution in [2.24, 2.45) is 0 Å². The molecule has 0 N–H and O–H groups in total. The lowest BCUT2D eigenvalue weighted by atomic mass is 10.2. The normalized spacial score (nSPS) is 9.53. The molecule has 19 heavy (non-hydrogen) atoms. The van der Waals surface area contributed by atoms with Crippen molar-refractivity contribution in [2.45, 2.75) is 6.42 Å². The first-order valence-corrected chi connectivity index (χ1v) is 5.47. The summed E-state index contributed by atoms with van der Waals surface area (Å²) in [4.78, 5) is 22.9. The Labute approximate surface area is 110 Å². The summed E-state index contributed by atoms with van der Waals surface area (Å²) in [6.07, 6.45) is 0.129. The topological polar surface area (TPSA) is 96.5 Å². The van der Waals surface area contributed by atoms with Crippen LogP contribution in [0.5, 0.6) is 5.75 Å². The molecule has 0 bridgehead atoms. The van der Waals surface area contributed by atoms with Gasteiger partial charge in [0.25, 0.3) is 0 Å². The van der Waals surface area contributed by atoms with E-state index in [1.54, 1.807) is 14.1 Å². The molecule has 1 amide bonds. The van der Waals surface area contributed by atoms with E-state index in [2.05, 4.69) is 0 Å². The highest BCUT2D eigenvalue weighted by Crippen LogP contribution is 2.27. The number of amides is 1. The Morgan fingerprint density at radius 3 is 2.74 bits per heavy atom. The van der Waals surface area contributed by atoms with E-state index < -0.39 is 4.92 Å². The number of nitro groups is 1. The average Bonchev–Trinajstić information content (AvgIpc) is 2.38. The summed E-state index contributed by atoms with van der Waals surface area (Å²) in [5.41, 5.74) is -0.0974. The number of nitrogens with zero attached hydrogens (tertiary/aromatic N) is 3. The first-order valence-electron chi connectivity index (χ1n) is 5.47. The monoisotopic (exact) mass is 263 g/mol. The Balaban J connectivity index is 2.76. The second kappa shape index (κ2) is 6.35. The highest BCUT2D eigenvalue weighted by molar-refractivity contribution is 5.75. The van der Waals surface area contributed by atoms with Crippen molar-refractivity contribution in [1.29, 1.82) is 5.26 Å². The van der Waals surface area contributed by atoms with Crippen molar-refractivity contribution in [3.63, 3.8) is 0 Å². The molecule has 7 heteroatoms. The molecule has 1 aromatic rings. The van der Waals surface area contributed by atoms with Crippen LogP contribution in [0.25, 0.3) is 0 Å². The maximum absolute atomic E-state index is 11.3. The molecule has 0 aromatic heterocycles. The highest BCUT2D eigenvalue weighted by Gasteiger charge is 2.16. The van der Waals surface area contributed by atoms with Gasteiger partial charge in [0.15, 0.2) is 5.75 Å². The summed E-state index contributed by atoms with van der Waals surface area (Å²) in [5, 5.41) is 19.5. The van der Waals surface area contributed by atoms with Gasteiger partial charge in [0, 0.05) is 20.2 Å². The van der Waals surface area contributed by atoms with Gasteiger partial charge in [-0.05, 0) is 12.1 Å². The molecule has 0 radical (unpaired) electrons. The van der Waals surface area contributed by atoms with Crippen LogP contribution < -0.4 is 4.74 Å². The van der Waals surface area contributed by atoms with Crippen LogP contribution in [0.15, 0.2) is 18.2 Å². The fourth-order valence-electron chi connectivity index (χ4n) is 1.32. The molecule has 0 heterocycles. The Morgan fingerprint density at radius 2 is 2.21 bits per heavy atom. The summed E-state index contributed by atoms with van der Waals surface area (Å²) < 4.78 is 5.22. The zero-order valence-corrected chi connectivity index (χ0v) is 10.6. The number of carbonyl (C=O) groups is 1. The van der Waals surface area contributed by atoms with Crippen LogP contribution in [0.3, 0.4) is 0 Å². The zero-order valence-electron chi connectivity index (χ0n) is 10.6. The summed E-state index contributed by atoms with van der Waals surface area (Å²) in [7, 11) is 3.24. The predicted octanol–water partition coefficient (Wildman–Crippen LogP) is 1.32. The number of ether oxygens (including phenoxy) is 1. The summed E-state index contributed by atoms with van der Waals surface area (Å²) in [6, 6.07) is 5.74.